The van der Waals surface area contributed by atoms with E-state index in [0.29, 0.717) is 5.56 Å². The molecule has 1 aromatic rings. The molecule has 4 nitrogen and oxygen atoms in total. The van der Waals surface area contributed by atoms with Crippen LogP contribution >= 0.6 is 0 Å². The molecule has 0 radical (unpaired) electrons. The van der Waals surface area contributed by atoms with Crippen LogP contribution in [0.15, 0.2) is 24.5 Å². The number of aliphatic hydroxyl groups excluding tert-OH is 1. The maximum absolute atomic E-state index is 11.6. The lowest BCUT2D eigenvalue weighted by Gasteiger charge is -2.18. The van der Waals surface area contributed by atoms with Crippen LogP contribution in [0, 0.1) is 0 Å². The van der Waals surface area contributed by atoms with Gasteiger partial charge in [-0.2, -0.15) is 0 Å². The van der Waals surface area contributed by atoms with Crippen molar-refractivity contribution >= 4 is 5.91 Å². The first-order chi connectivity index (χ1) is 7.91. The molecule has 1 saturated heterocycles. The lowest BCUT2D eigenvalue weighted by atomic mass is 10.1. The second-order valence-electron chi connectivity index (χ2n) is 3.26. The minimum absolute atomic E-state index is 0.0862. The van der Waals surface area contributed by atoms with Crippen LogP contribution < -0.4 is 0 Å². The quantitative estimate of drug-likeness (QED) is 0.703. The standard InChI is InChI=1S/C10H12N2O2/c1-12-8(5-9(13)10(12)14)7-3-2-4-11-6-7/h2-4,6,8-9,13H,5H2,1H3/t8-,9+/m1/s1/i1D3. The summed E-state index contributed by atoms with van der Waals surface area (Å²) in [6.45, 7) is -2.55. The summed E-state index contributed by atoms with van der Waals surface area (Å²) in [7, 11) is 0. The predicted molar refractivity (Wildman–Crippen MR) is 50.4 cm³/mol. The van der Waals surface area contributed by atoms with Gasteiger partial charge in [-0.25, -0.2) is 0 Å². The van der Waals surface area contributed by atoms with Crippen molar-refractivity contribution in [3.05, 3.63) is 30.1 Å². The molecule has 2 atom stereocenters. The molecule has 1 N–H and O–H groups in total. The highest BCUT2D eigenvalue weighted by Crippen LogP contribution is 2.30. The van der Waals surface area contributed by atoms with Gasteiger partial charge in [0.1, 0.15) is 6.10 Å². The third-order valence-electron chi connectivity index (χ3n) is 2.35. The Morgan fingerprint density at radius 3 is 3.29 bits per heavy atom. The van der Waals surface area contributed by atoms with Gasteiger partial charge in [-0.05, 0) is 11.6 Å². The van der Waals surface area contributed by atoms with Crippen LogP contribution in [0.25, 0.3) is 0 Å². The molecule has 1 aromatic heterocycles. The average Bonchev–Trinajstić information content (AvgIpc) is 2.56. The van der Waals surface area contributed by atoms with E-state index in [9.17, 15) is 9.90 Å². The smallest absolute Gasteiger partial charge is 0.251 e. The first-order valence-corrected chi connectivity index (χ1v) is 4.32. The number of likely N-dealkylation sites (tertiary alicyclic amines) is 1. The monoisotopic (exact) mass is 195 g/mol. The van der Waals surface area contributed by atoms with Crippen LogP contribution in [0.5, 0.6) is 0 Å². The van der Waals surface area contributed by atoms with E-state index in [1.165, 1.54) is 6.20 Å². The fourth-order valence-electron chi connectivity index (χ4n) is 1.59. The minimum atomic E-state index is -2.55. The highest BCUT2D eigenvalue weighted by Gasteiger charge is 2.36. The first-order valence-electron chi connectivity index (χ1n) is 5.82. The number of hydrogen-bond donors (Lipinski definition) is 1. The molecule has 2 heterocycles. The second kappa shape index (κ2) is 3.38. The maximum Gasteiger partial charge on any atom is 0.251 e. The molecule has 0 unspecified atom stereocenters. The Kier molecular flexibility index (Phi) is 1.48. The third kappa shape index (κ3) is 1.37. The summed E-state index contributed by atoms with van der Waals surface area (Å²) in [5.74, 6) is -0.751. The number of carbonyl (C=O) groups is 1. The van der Waals surface area contributed by atoms with Gasteiger partial charge in [0.05, 0.1) is 6.04 Å². The highest BCUT2D eigenvalue weighted by molar-refractivity contribution is 5.83. The lowest BCUT2D eigenvalue weighted by molar-refractivity contribution is -0.134. The molecule has 14 heavy (non-hydrogen) atoms. The van der Waals surface area contributed by atoms with E-state index in [2.05, 4.69) is 4.98 Å². The molecule has 0 bridgehead atoms. The van der Waals surface area contributed by atoms with E-state index in [1.54, 1.807) is 18.3 Å². The van der Waals surface area contributed by atoms with Crippen molar-refractivity contribution in [2.24, 2.45) is 0 Å². The van der Waals surface area contributed by atoms with E-state index < -0.39 is 25.0 Å². The summed E-state index contributed by atoms with van der Waals surface area (Å²) >= 11 is 0. The summed E-state index contributed by atoms with van der Waals surface area (Å²) in [4.78, 5) is 16.3. The Morgan fingerprint density at radius 2 is 2.64 bits per heavy atom. The van der Waals surface area contributed by atoms with Crippen LogP contribution in [0.3, 0.4) is 0 Å². The normalized spacial score (nSPS) is 31.1. The number of carbonyl (C=O) groups excluding carboxylic acids is 1. The first kappa shape index (κ1) is 6.14. The number of aromatic nitrogens is 1. The topological polar surface area (TPSA) is 53.4 Å². The Morgan fingerprint density at radius 1 is 1.79 bits per heavy atom. The fourth-order valence-corrected chi connectivity index (χ4v) is 1.59. The molecule has 74 valence electrons. The minimum Gasteiger partial charge on any atom is -0.383 e. The van der Waals surface area contributed by atoms with Crippen LogP contribution in [-0.2, 0) is 4.79 Å². The highest BCUT2D eigenvalue weighted by atomic mass is 16.3. The summed E-state index contributed by atoms with van der Waals surface area (Å²) in [5, 5.41) is 9.50. The number of pyridine rings is 1. The van der Waals surface area contributed by atoms with Gasteiger partial charge in [-0.3, -0.25) is 9.78 Å². The van der Waals surface area contributed by atoms with Gasteiger partial charge in [0.2, 0.25) is 0 Å². The van der Waals surface area contributed by atoms with Crippen molar-refractivity contribution in [1.82, 2.24) is 9.88 Å². The molecule has 0 aromatic carbocycles. The van der Waals surface area contributed by atoms with E-state index in [-0.39, 0.29) is 6.42 Å². The van der Waals surface area contributed by atoms with E-state index in [1.807, 2.05) is 0 Å². The van der Waals surface area contributed by atoms with E-state index in [0.717, 1.165) is 4.90 Å². The zero-order chi connectivity index (χ0) is 12.6. The van der Waals surface area contributed by atoms with Crippen molar-refractivity contribution in [2.45, 2.75) is 18.6 Å². The van der Waals surface area contributed by atoms with Gasteiger partial charge in [0.15, 0.2) is 0 Å². The van der Waals surface area contributed by atoms with Crippen molar-refractivity contribution in [1.29, 1.82) is 0 Å². The number of amides is 1. The Labute approximate surface area is 86.4 Å². The van der Waals surface area contributed by atoms with E-state index >= 15 is 0 Å². The Balaban J connectivity index is 2.37. The molecule has 0 spiro atoms. The number of aliphatic hydroxyl groups is 1. The van der Waals surface area contributed by atoms with Crippen LogP contribution in [0.2, 0.25) is 0 Å². The molecule has 1 aliphatic heterocycles. The summed E-state index contributed by atoms with van der Waals surface area (Å²) < 4.78 is 22.0. The third-order valence-corrected chi connectivity index (χ3v) is 2.35. The van der Waals surface area contributed by atoms with Gasteiger partial charge in [0.25, 0.3) is 5.91 Å². The maximum atomic E-state index is 11.6. The Hall–Kier alpha value is -1.42. The molecular formula is C10H12N2O2. The van der Waals surface area contributed by atoms with Crippen molar-refractivity contribution in [3.8, 4) is 0 Å². The largest absolute Gasteiger partial charge is 0.383 e. The van der Waals surface area contributed by atoms with Gasteiger partial charge >= 0.3 is 0 Å². The number of rotatable bonds is 1. The fraction of sp³-hybridized carbons (Fsp3) is 0.400. The molecular weight excluding hydrogens is 180 g/mol. The van der Waals surface area contributed by atoms with Crippen molar-refractivity contribution in [2.75, 3.05) is 6.98 Å². The predicted octanol–water partition coefficient (Wildman–Crippen LogP) is 0.346. The average molecular weight is 195 g/mol. The van der Waals surface area contributed by atoms with Gasteiger partial charge in [0, 0.05) is 29.9 Å². The van der Waals surface area contributed by atoms with Gasteiger partial charge in [-0.15, -0.1) is 0 Å². The number of nitrogens with zero attached hydrogens (tertiary/aromatic N) is 2. The second-order valence-corrected chi connectivity index (χ2v) is 3.26. The molecule has 1 aliphatic rings. The summed E-state index contributed by atoms with van der Waals surface area (Å²) in [6, 6.07) is 2.72. The molecule has 1 fully saturated rings. The van der Waals surface area contributed by atoms with Crippen molar-refractivity contribution in [3.63, 3.8) is 0 Å². The van der Waals surface area contributed by atoms with Crippen LogP contribution in [0.1, 0.15) is 22.1 Å². The Bertz CT molecular complexity index is 421. The van der Waals surface area contributed by atoms with Gasteiger partial charge < -0.3 is 10.0 Å². The summed E-state index contributed by atoms with van der Waals surface area (Å²) in [6.07, 6.45) is 1.91. The molecule has 2 rings (SSSR count). The van der Waals surface area contributed by atoms with Crippen molar-refractivity contribution < 1.29 is 14.0 Å². The molecule has 4 heteroatoms. The molecule has 0 aliphatic carbocycles. The zero-order valence-electron chi connectivity index (χ0n) is 10.4. The molecule has 1 amide bonds. The summed E-state index contributed by atoms with van der Waals surface area (Å²) in [5.41, 5.74) is 0.619. The SMILES string of the molecule is [2H]C([2H])([2H])N1C(=O)[C@@H](O)C[C@@H]1c1cccnc1. The van der Waals surface area contributed by atoms with Crippen LogP contribution in [-0.4, -0.2) is 34.0 Å². The zero-order valence-corrected chi connectivity index (χ0v) is 7.42. The van der Waals surface area contributed by atoms with Crippen LogP contribution in [0.4, 0.5) is 0 Å². The molecule has 0 saturated carbocycles. The van der Waals surface area contributed by atoms with E-state index in [4.69, 9.17) is 4.11 Å². The number of likely N-dealkylation sites (N-methyl/N-ethyl adjacent to an activating group) is 1. The lowest BCUT2D eigenvalue weighted by Crippen LogP contribution is -2.26. The van der Waals surface area contributed by atoms with Gasteiger partial charge in [-0.1, -0.05) is 6.07 Å². The number of hydrogen-bond acceptors (Lipinski definition) is 3.